The maximum absolute atomic E-state index is 14.1. The van der Waals surface area contributed by atoms with Gasteiger partial charge in [0.2, 0.25) is 5.79 Å². The van der Waals surface area contributed by atoms with E-state index in [0.717, 1.165) is 12.1 Å². The van der Waals surface area contributed by atoms with Crippen molar-refractivity contribution in [2.75, 3.05) is 0 Å². The van der Waals surface area contributed by atoms with Crippen LogP contribution in [0.25, 0.3) is 11.1 Å². The Morgan fingerprint density at radius 1 is 1.09 bits per heavy atom. The molecule has 0 spiro atoms. The molecule has 118 valence electrons. The fourth-order valence-corrected chi connectivity index (χ4v) is 2.73. The number of cyclic esters (lactones) is 1. The Hall–Kier alpha value is -2.24. The van der Waals surface area contributed by atoms with Crippen molar-refractivity contribution in [1.82, 2.24) is 0 Å². The summed E-state index contributed by atoms with van der Waals surface area (Å²) in [5, 5.41) is 10.8. The maximum atomic E-state index is 14.1. The van der Waals surface area contributed by atoms with E-state index >= 15 is 0 Å². The van der Waals surface area contributed by atoms with Crippen molar-refractivity contribution < 1.29 is 23.4 Å². The third-order valence-electron chi connectivity index (χ3n) is 3.56. The van der Waals surface area contributed by atoms with Gasteiger partial charge in [-0.2, -0.15) is 0 Å². The molecular weight excluding hydrogens is 326 g/mol. The van der Waals surface area contributed by atoms with E-state index in [1.54, 1.807) is 0 Å². The van der Waals surface area contributed by atoms with Crippen LogP contribution in [0.5, 0.6) is 0 Å². The van der Waals surface area contributed by atoms with Crippen LogP contribution in [-0.2, 0) is 9.53 Å². The molecular formula is C17H11ClF2O3. The molecule has 3 nitrogen and oxygen atoms in total. The lowest BCUT2D eigenvalue weighted by Crippen LogP contribution is -2.26. The quantitative estimate of drug-likeness (QED) is 0.849. The SMILES string of the molecule is CC1(O)OC(=O)C(c2c(F)cccc2F)=C1c1ccc(Cl)cc1. The van der Waals surface area contributed by atoms with Gasteiger partial charge in [0.25, 0.3) is 0 Å². The third kappa shape index (κ3) is 2.62. The molecule has 0 fully saturated rings. The summed E-state index contributed by atoms with van der Waals surface area (Å²) in [6.07, 6.45) is 0. The molecule has 0 aromatic heterocycles. The fourth-order valence-electron chi connectivity index (χ4n) is 2.61. The van der Waals surface area contributed by atoms with E-state index in [9.17, 15) is 18.7 Å². The number of hydrogen-bond donors (Lipinski definition) is 1. The van der Waals surface area contributed by atoms with Crippen molar-refractivity contribution in [2.45, 2.75) is 12.7 Å². The van der Waals surface area contributed by atoms with E-state index in [1.807, 2.05) is 0 Å². The first-order valence-electron chi connectivity index (χ1n) is 6.72. The van der Waals surface area contributed by atoms with Gasteiger partial charge in [0.05, 0.1) is 11.1 Å². The zero-order valence-corrected chi connectivity index (χ0v) is 12.7. The summed E-state index contributed by atoms with van der Waals surface area (Å²) < 4.78 is 33.1. The summed E-state index contributed by atoms with van der Waals surface area (Å²) in [6.45, 7) is 1.24. The van der Waals surface area contributed by atoms with E-state index in [1.165, 1.54) is 37.3 Å². The van der Waals surface area contributed by atoms with Crippen LogP contribution in [0, 0.1) is 11.6 Å². The van der Waals surface area contributed by atoms with Gasteiger partial charge >= 0.3 is 5.97 Å². The number of benzene rings is 2. The van der Waals surface area contributed by atoms with Crippen LogP contribution in [-0.4, -0.2) is 16.9 Å². The van der Waals surface area contributed by atoms with Gasteiger partial charge in [-0.15, -0.1) is 0 Å². The normalized spacial score (nSPS) is 20.8. The van der Waals surface area contributed by atoms with Crippen molar-refractivity contribution in [2.24, 2.45) is 0 Å². The lowest BCUT2D eigenvalue weighted by Gasteiger charge is -2.20. The molecule has 0 saturated heterocycles. The molecule has 1 atom stereocenters. The number of hydrogen-bond acceptors (Lipinski definition) is 3. The van der Waals surface area contributed by atoms with Crippen molar-refractivity contribution >= 4 is 28.7 Å². The van der Waals surface area contributed by atoms with Gasteiger partial charge in [-0.05, 0) is 29.8 Å². The average molecular weight is 337 g/mol. The second kappa shape index (κ2) is 5.44. The van der Waals surface area contributed by atoms with Crippen LogP contribution in [0.15, 0.2) is 42.5 Å². The fraction of sp³-hybridized carbons (Fsp3) is 0.118. The number of esters is 1. The number of rotatable bonds is 2. The predicted molar refractivity (Wildman–Crippen MR) is 81.3 cm³/mol. The zero-order valence-electron chi connectivity index (χ0n) is 11.9. The molecule has 1 unspecified atom stereocenters. The first-order valence-corrected chi connectivity index (χ1v) is 7.10. The summed E-state index contributed by atoms with van der Waals surface area (Å²) in [6, 6.07) is 9.40. The highest BCUT2D eigenvalue weighted by Gasteiger charge is 2.45. The molecule has 0 aliphatic carbocycles. The Morgan fingerprint density at radius 3 is 2.22 bits per heavy atom. The number of carbonyl (C=O) groups is 1. The predicted octanol–water partition coefficient (Wildman–Crippen LogP) is 3.79. The number of halogens is 3. The topological polar surface area (TPSA) is 46.5 Å². The number of ether oxygens (including phenoxy) is 1. The highest BCUT2D eigenvalue weighted by atomic mass is 35.5. The monoisotopic (exact) mass is 336 g/mol. The molecule has 0 radical (unpaired) electrons. The molecule has 1 aliphatic rings. The van der Waals surface area contributed by atoms with Crippen LogP contribution in [0.3, 0.4) is 0 Å². The van der Waals surface area contributed by atoms with Crippen LogP contribution >= 0.6 is 11.6 Å². The summed E-state index contributed by atoms with van der Waals surface area (Å²) >= 11 is 5.83. The standard InChI is InChI=1S/C17H11ClF2O3/c1-17(22)15(9-5-7-10(18)8-6-9)14(16(21)23-17)13-11(19)3-2-4-12(13)20/h2-8,22H,1H3. The van der Waals surface area contributed by atoms with Crippen molar-refractivity contribution in [3.05, 3.63) is 70.2 Å². The molecule has 2 aromatic rings. The first kappa shape index (κ1) is 15.6. The van der Waals surface area contributed by atoms with Crippen LogP contribution in [0.4, 0.5) is 8.78 Å². The van der Waals surface area contributed by atoms with Gasteiger partial charge in [0.15, 0.2) is 0 Å². The number of carbonyl (C=O) groups excluding carboxylic acids is 1. The third-order valence-corrected chi connectivity index (χ3v) is 3.81. The van der Waals surface area contributed by atoms with Gasteiger partial charge in [-0.1, -0.05) is 29.8 Å². The highest BCUT2D eigenvalue weighted by Crippen LogP contribution is 2.43. The van der Waals surface area contributed by atoms with Crippen LogP contribution < -0.4 is 0 Å². The molecule has 0 amide bonds. The molecule has 1 heterocycles. The van der Waals surface area contributed by atoms with Crippen LogP contribution in [0.2, 0.25) is 5.02 Å². The Kier molecular flexibility index (Phi) is 3.70. The van der Waals surface area contributed by atoms with Gasteiger partial charge in [0, 0.05) is 17.5 Å². The van der Waals surface area contributed by atoms with Crippen molar-refractivity contribution in [3.63, 3.8) is 0 Å². The Morgan fingerprint density at radius 2 is 1.65 bits per heavy atom. The summed E-state index contributed by atoms with van der Waals surface area (Å²) in [4.78, 5) is 12.1. The van der Waals surface area contributed by atoms with Crippen LogP contribution in [0.1, 0.15) is 18.1 Å². The van der Waals surface area contributed by atoms with E-state index in [4.69, 9.17) is 16.3 Å². The van der Waals surface area contributed by atoms with Gasteiger partial charge in [0.1, 0.15) is 11.6 Å². The van der Waals surface area contributed by atoms with E-state index in [0.29, 0.717) is 10.6 Å². The Labute approximate surface area is 135 Å². The van der Waals surface area contributed by atoms with Gasteiger partial charge < -0.3 is 9.84 Å². The Balaban J connectivity index is 2.34. The molecule has 6 heteroatoms. The molecule has 23 heavy (non-hydrogen) atoms. The highest BCUT2D eigenvalue weighted by molar-refractivity contribution is 6.31. The van der Waals surface area contributed by atoms with Crippen molar-refractivity contribution in [3.8, 4) is 0 Å². The molecule has 1 aliphatic heterocycles. The average Bonchev–Trinajstić information content (AvgIpc) is 2.69. The second-order valence-electron chi connectivity index (χ2n) is 5.23. The zero-order chi connectivity index (χ0) is 16.8. The van der Waals surface area contributed by atoms with E-state index < -0.39 is 29.0 Å². The van der Waals surface area contributed by atoms with Gasteiger partial charge in [-0.3, -0.25) is 0 Å². The lowest BCUT2D eigenvalue weighted by atomic mass is 9.91. The summed E-state index contributed by atoms with van der Waals surface area (Å²) in [5.41, 5.74) is -0.501. The molecule has 3 rings (SSSR count). The smallest absolute Gasteiger partial charge is 0.342 e. The lowest BCUT2D eigenvalue weighted by molar-refractivity contribution is -0.169. The number of aliphatic hydroxyl groups is 1. The largest absolute Gasteiger partial charge is 0.425 e. The minimum Gasteiger partial charge on any atom is -0.425 e. The molecule has 0 saturated carbocycles. The maximum Gasteiger partial charge on any atom is 0.342 e. The minimum atomic E-state index is -2.00. The molecule has 0 bridgehead atoms. The van der Waals surface area contributed by atoms with Gasteiger partial charge in [-0.25, -0.2) is 13.6 Å². The Bertz CT molecular complexity index is 806. The summed E-state index contributed by atoms with van der Waals surface area (Å²) in [5.74, 6) is -4.83. The second-order valence-corrected chi connectivity index (χ2v) is 5.66. The summed E-state index contributed by atoms with van der Waals surface area (Å²) in [7, 11) is 0. The molecule has 2 aromatic carbocycles. The van der Waals surface area contributed by atoms with Crippen molar-refractivity contribution in [1.29, 1.82) is 0 Å². The van der Waals surface area contributed by atoms with E-state index in [2.05, 4.69) is 0 Å². The first-order chi connectivity index (χ1) is 10.8. The minimum absolute atomic E-state index is 0.0110. The van der Waals surface area contributed by atoms with E-state index in [-0.39, 0.29) is 11.1 Å². The molecule has 1 N–H and O–H groups in total.